The number of rotatable bonds is 5. The van der Waals surface area contributed by atoms with Gasteiger partial charge in [0.2, 0.25) is 15.9 Å². The number of hydrogen-bond acceptors (Lipinski definition) is 3. The summed E-state index contributed by atoms with van der Waals surface area (Å²) in [5.41, 5.74) is 4.57. The predicted octanol–water partition coefficient (Wildman–Crippen LogP) is 3.23. The molecule has 3 rings (SSSR count). The highest BCUT2D eigenvalue weighted by Gasteiger charge is 2.20. The van der Waals surface area contributed by atoms with Crippen LogP contribution in [0, 0.1) is 6.92 Å². The van der Waals surface area contributed by atoms with Crippen LogP contribution in [0.25, 0.3) is 0 Å². The minimum absolute atomic E-state index is 0.0647. The SMILES string of the molecule is CCC(=O)N1CCc2ccc(NS(=O)(=O)Cc3ccc(C)cc3)cc2C1. The Balaban J connectivity index is 1.74. The molecule has 1 aliphatic rings. The number of carbonyl (C=O) groups is 1. The van der Waals surface area contributed by atoms with E-state index in [1.807, 2.05) is 55.1 Å². The van der Waals surface area contributed by atoms with Crippen molar-refractivity contribution < 1.29 is 13.2 Å². The average Bonchev–Trinajstić information content (AvgIpc) is 2.61. The summed E-state index contributed by atoms with van der Waals surface area (Å²) in [5.74, 6) is 0.0613. The molecule has 0 aliphatic carbocycles. The van der Waals surface area contributed by atoms with Crippen molar-refractivity contribution >= 4 is 21.6 Å². The molecule has 0 fully saturated rings. The van der Waals surface area contributed by atoms with E-state index in [-0.39, 0.29) is 11.7 Å². The smallest absolute Gasteiger partial charge is 0.236 e. The van der Waals surface area contributed by atoms with Crippen LogP contribution < -0.4 is 4.72 Å². The molecule has 5 nitrogen and oxygen atoms in total. The van der Waals surface area contributed by atoms with Crippen LogP contribution in [0.5, 0.6) is 0 Å². The third-order valence-electron chi connectivity index (χ3n) is 4.62. The fourth-order valence-corrected chi connectivity index (χ4v) is 4.37. The number of sulfonamides is 1. The minimum Gasteiger partial charge on any atom is -0.338 e. The molecule has 1 N–H and O–H groups in total. The molecule has 2 aromatic rings. The van der Waals surface area contributed by atoms with Gasteiger partial charge in [0.1, 0.15) is 0 Å². The van der Waals surface area contributed by atoms with Gasteiger partial charge in [-0.25, -0.2) is 8.42 Å². The number of carbonyl (C=O) groups excluding carboxylic acids is 1. The molecular weight excluding hydrogens is 348 g/mol. The predicted molar refractivity (Wildman–Crippen MR) is 103 cm³/mol. The Morgan fingerprint density at radius 1 is 1.12 bits per heavy atom. The second-order valence-corrected chi connectivity index (χ2v) is 8.47. The van der Waals surface area contributed by atoms with Crippen molar-refractivity contribution in [1.82, 2.24) is 4.90 Å². The first-order valence-electron chi connectivity index (χ1n) is 8.82. The molecule has 1 aliphatic heterocycles. The van der Waals surface area contributed by atoms with Gasteiger partial charge in [0.05, 0.1) is 5.75 Å². The van der Waals surface area contributed by atoms with Crippen LogP contribution in [0.3, 0.4) is 0 Å². The van der Waals surface area contributed by atoms with Crippen molar-refractivity contribution in [3.8, 4) is 0 Å². The zero-order valence-electron chi connectivity index (χ0n) is 15.2. The maximum Gasteiger partial charge on any atom is 0.236 e. The molecule has 2 aromatic carbocycles. The molecule has 0 bridgehead atoms. The van der Waals surface area contributed by atoms with E-state index in [0.717, 1.165) is 29.7 Å². The van der Waals surface area contributed by atoms with E-state index in [4.69, 9.17) is 0 Å². The number of nitrogens with one attached hydrogen (secondary N) is 1. The zero-order valence-corrected chi connectivity index (χ0v) is 16.0. The number of hydrogen-bond donors (Lipinski definition) is 1. The van der Waals surface area contributed by atoms with Crippen molar-refractivity contribution in [3.63, 3.8) is 0 Å². The van der Waals surface area contributed by atoms with E-state index in [1.165, 1.54) is 5.56 Å². The van der Waals surface area contributed by atoms with Crippen molar-refractivity contribution in [3.05, 3.63) is 64.7 Å². The van der Waals surface area contributed by atoms with E-state index < -0.39 is 10.0 Å². The molecule has 0 unspecified atom stereocenters. The highest BCUT2D eigenvalue weighted by molar-refractivity contribution is 7.91. The second-order valence-electron chi connectivity index (χ2n) is 6.75. The van der Waals surface area contributed by atoms with Crippen molar-refractivity contribution in [1.29, 1.82) is 0 Å². The number of nitrogens with zero attached hydrogens (tertiary/aromatic N) is 1. The highest BCUT2D eigenvalue weighted by atomic mass is 32.2. The molecule has 0 atom stereocenters. The Morgan fingerprint density at radius 3 is 2.54 bits per heavy atom. The molecule has 0 radical (unpaired) electrons. The van der Waals surface area contributed by atoms with Crippen LogP contribution in [0.4, 0.5) is 5.69 Å². The number of amides is 1. The van der Waals surface area contributed by atoms with Gasteiger partial charge in [0.25, 0.3) is 0 Å². The number of aryl methyl sites for hydroxylation is 1. The summed E-state index contributed by atoms with van der Waals surface area (Å²) in [6.45, 7) is 5.08. The first-order chi connectivity index (χ1) is 12.4. The van der Waals surface area contributed by atoms with Gasteiger partial charge in [-0.05, 0) is 42.2 Å². The summed E-state index contributed by atoms with van der Waals surface area (Å²) >= 11 is 0. The summed E-state index contributed by atoms with van der Waals surface area (Å²) in [5, 5.41) is 0. The molecular formula is C20H24N2O3S. The summed E-state index contributed by atoms with van der Waals surface area (Å²) in [7, 11) is -3.49. The van der Waals surface area contributed by atoms with Crippen LogP contribution in [0.2, 0.25) is 0 Å². The lowest BCUT2D eigenvalue weighted by Gasteiger charge is -2.29. The van der Waals surface area contributed by atoms with Gasteiger partial charge in [0, 0.05) is 25.2 Å². The van der Waals surface area contributed by atoms with E-state index in [0.29, 0.717) is 18.7 Å². The molecule has 6 heteroatoms. The summed E-state index contributed by atoms with van der Waals surface area (Å²) in [6, 6.07) is 13.1. The van der Waals surface area contributed by atoms with Crippen LogP contribution in [-0.2, 0) is 33.5 Å². The third kappa shape index (κ3) is 4.43. The maximum atomic E-state index is 12.5. The largest absolute Gasteiger partial charge is 0.338 e. The summed E-state index contributed by atoms with van der Waals surface area (Å²) in [4.78, 5) is 13.8. The van der Waals surface area contributed by atoms with Gasteiger partial charge < -0.3 is 4.90 Å². The van der Waals surface area contributed by atoms with Gasteiger partial charge in [-0.1, -0.05) is 42.8 Å². The fourth-order valence-electron chi connectivity index (χ4n) is 3.18. The first kappa shape index (κ1) is 18.5. The number of fused-ring (bicyclic) bond motifs is 1. The van der Waals surface area contributed by atoms with E-state index in [9.17, 15) is 13.2 Å². The van der Waals surface area contributed by atoms with E-state index in [2.05, 4.69) is 4.72 Å². The fraction of sp³-hybridized carbons (Fsp3) is 0.350. The van der Waals surface area contributed by atoms with Gasteiger partial charge in [0.15, 0.2) is 0 Å². The molecule has 0 saturated heterocycles. The standard InChI is InChI=1S/C20H24N2O3S/c1-3-20(23)22-11-10-17-8-9-19(12-18(17)13-22)21-26(24,25)14-16-6-4-15(2)5-7-16/h4-9,12,21H,3,10-11,13-14H2,1-2H3. The third-order valence-corrected chi connectivity index (χ3v) is 5.88. The Labute approximate surface area is 155 Å². The van der Waals surface area contributed by atoms with Crippen molar-refractivity contribution in [2.75, 3.05) is 11.3 Å². The Morgan fingerprint density at radius 2 is 1.85 bits per heavy atom. The Kier molecular flexibility index (Phi) is 5.32. The lowest BCUT2D eigenvalue weighted by atomic mass is 9.99. The van der Waals surface area contributed by atoms with Crippen LogP contribution in [0.1, 0.15) is 35.6 Å². The topological polar surface area (TPSA) is 66.5 Å². The van der Waals surface area contributed by atoms with Crippen molar-refractivity contribution in [2.24, 2.45) is 0 Å². The Hall–Kier alpha value is -2.34. The first-order valence-corrected chi connectivity index (χ1v) is 10.5. The lowest BCUT2D eigenvalue weighted by molar-refractivity contribution is -0.131. The average molecular weight is 372 g/mol. The molecule has 26 heavy (non-hydrogen) atoms. The van der Waals surface area contributed by atoms with Crippen molar-refractivity contribution in [2.45, 2.75) is 39.0 Å². The number of benzene rings is 2. The van der Waals surface area contributed by atoms with Gasteiger partial charge in [-0.3, -0.25) is 9.52 Å². The summed E-state index contributed by atoms with van der Waals surface area (Å²) < 4.78 is 27.6. The molecule has 1 heterocycles. The maximum absolute atomic E-state index is 12.5. The second kappa shape index (κ2) is 7.50. The molecule has 0 spiro atoms. The van der Waals surface area contributed by atoms with Crippen LogP contribution in [0.15, 0.2) is 42.5 Å². The summed E-state index contributed by atoms with van der Waals surface area (Å²) in [6.07, 6.45) is 1.29. The van der Waals surface area contributed by atoms with E-state index >= 15 is 0 Å². The minimum atomic E-state index is -3.49. The van der Waals surface area contributed by atoms with Gasteiger partial charge in [-0.15, -0.1) is 0 Å². The normalized spacial score (nSPS) is 14.0. The quantitative estimate of drug-likeness (QED) is 0.876. The molecule has 1 amide bonds. The van der Waals surface area contributed by atoms with Gasteiger partial charge in [-0.2, -0.15) is 0 Å². The monoisotopic (exact) mass is 372 g/mol. The lowest BCUT2D eigenvalue weighted by Crippen LogP contribution is -2.35. The van der Waals surface area contributed by atoms with Crippen LogP contribution >= 0.6 is 0 Å². The Bertz CT molecular complexity index is 905. The number of anilines is 1. The molecule has 0 saturated carbocycles. The van der Waals surface area contributed by atoms with Gasteiger partial charge >= 0.3 is 0 Å². The molecule has 0 aromatic heterocycles. The molecule has 138 valence electrons. The van der Waals surface area contributed by atoms with Crippen LogP contribution in [-0.4, -0.2) is 25.8 Å². The van der Waals surface area contributed by atoms with E-state index in [1.54, 1.807) is 6.07 Å². The highest BCUT2D eigenvalue weighted by Crippen LogP contribution is 2.24. The zero-order chi connectivity index (χ0) is 18.7.